The fourth-order valence-electron chi connectivity index (χ4n) is 0. The van der Waals surface area contributed by atoms with Gasteiger partial charge in [0.05, 0.1) is 0 Å². The molecule has 22 valence electrons. The monoisotopic (exact) mass is 154 g/mol. The molecule has 0 aliphatic carbocycles. The molecule has 0 aromatic rings. The fraction of sp³-hybridized carbons (Fsp3) is 0. The summed E-state index contributed by atoms with van der Waals surface area (Å²) in [6, 6.07) is 0. The van der Waals surface area contributed by atoms with Crippen LogP contribution in [0.3, 0.4) is 0 Å². The van der Waals surface area contributed by atoms with Crippen molar-refractivity contribution in [2.24, 2.45) is 0 Å². The van der Waals surface area contributed by atoms with Gasteiger partial charge in [-0.05, 0) is 0 Å². The average molecular weight is 154 g/mol. The third-order valence-corrected chi connectivity index (χ3v) is 0. The molecule has 0 rings (SSSR count). The first-order valence-electron chi connectivity index (χ1n) is 0. The Morgan fingerprint density at radius 2 is 1.00 bits per heavy atom. The largest absolute Gasteiger partial charge is 0.316 e. The first kappa shape index (κ1) is 27.6. The van der Waals surface area contributed by atoms with E-state index in [2.05, 4.69) is 0 Å². The quantitative estimate of drug-likeness (QED) is 0.326. The van der Waals surface area contributed by atoms with Gasteiger partial charge in [0.2, 0.25) is 0 Å². The van der Waals surface area contributed by atoms with Crippen LogP contribution in [0, 0.1) is 0 Å². The molecule has 0 aromatic heterocycles. The minimum atomic E-state index is 0. The van der Waals surface area contributed by atoms with Gasteiger partial charge < -0.3 is 0 Å². The summed E-state index contributed by atoms with van der Waals surface area (Å²) >= 11 is 0. The van der Waals surface area contributed by atoms with E-state index in [-0.39, 0.29) is 95.2 Å². The molecule has 0 fully saturated rings. The van der Waals surface area contributed by atoms with Crippen LogP contribution in [0.15, 0.2) is 0 Å². The van der Waals surface area contributed by atoms with Crippen LogP contribution in [0.25, 0.3) is 0 Å². The minimum Gasteiger partial charge on any atom is 0 e. The Hall–Kier alpha value is 3.08. The average Bonchev–Trinajstić information content (AvgIpc) is 0. The Labute approximate surface area is 93.2 Å². The second-order valence-corrected chi connectivity index (χ2v) is 0. The molecule has 0 saturated heterocycles. The van der Waals surface area contributed by atoms with Crippen LogP contribution < -0.4 is 0 Å². The van der Waals surface area contributed by atoms with Crippen LogP contribution in [-0.2, 0) is 17.1 Å². The van der Waals surface area contributed by atoms with Crippen LogP contribution in [-0.4, -0.2) is 78.2 Å². The Bertz CT molecular complexity index is 8.00. The summed E-state index contributed by atoms with van der Waals surface area (Å²) < 4.78 is 0. The zero-order chi connectivity index (χ0) is 0. The Balaban J connectivity index is 0. The summed E-state index contributed by atoms with van der Waals surface area (Å²) in [6.45, 7) is 0. The van der Waals surface area contributed by atoms with E-state index >= 15 is 0 Å². The van der Waals surface area contributed by atoms with Crippen molar-refractivity contribution >= 4 is 78.2 Å². The predicted molar refractivity (Wildman–Crippen MR) is 27.0 cm³/mol. The summed E-state index contributed by atoms with van der Waals surface area (Å²) in [5.74, 6) is 0. The molecule has 0 unspecified atom stereocenters. The number of hydrogen-bond acceptors (Lipinski definition) is 0. The molecular formula is H7AlCaFeMg. The van der Waals surface area contributed by atoms with E-state index in [0.717, 1.165) is 0 Å². The molecule has 0 atom stereocenters. The Morgan fingerprint density at radius 3 is 1.00 bits per heavy atom. The summed E-state index contributed by atoms with van der Waals surface area (Å²) in [6.07, 6.45) is 0. The molecule has 0 bridgehead atoms. The smallest absolute Gasteiger partial charge is 0 e. The molecular weight excluding hydrogens is 147 g/mol. The van der Waals surface area contributed by atoms with Gasteiger partial charge in [-0.15, -0.1) is 0 Å². The van der Waals surface area contributed by atoms with Crippen molar-refractivity contribution in [3.05, 3.63) is 0 Å². The van der Waals surface area contributed by atoms with E-state index in [1.54, 1.807) is 0 Å². The van der Waals surface area contributed by atoms with Crippen molar-refractivity contribution in [2.45, 2.75) is 0 Å². The maximum atomic E-state index is 0. The maximum absolute atomic E-state index is 0. The first-order valence-corrected chi connectivity index (χ1v) is 0. The van der Waals surface area contributed by atoms with Gasteiger partial charge >= 0.3 is 60.8 Å². The van der Waals surface area contributed by atoms with Crippen molar-refractivity contribution in [2.75, 3.05) is 0 Å². The van der Waals surface area contributed by atoms with E-state index in [1.807, 2.05) is 0 Å². The van der Waals surface area contributed by atoms with Gasteiger partial charge in [-0.2, -0.15) is 0 Å². The summed E-state index contributed by atoms with van der Waals surface area (Å²) in [4.78, 5) is 0. The van der Waals surface area contributed by atoms with Gasteiger partial charge in [-0.1, -0.05) is 0 Å². The minimum absolute atomic E-state index is 0. The molecule has 0 saturated carbocycles. The van der Waals surface area contributed by atoms with Crippen molar-refractivity contribution in [1.82, 2.24) is 0 Å². The summed E-state index contributed by atoms with van der Waals surface area (Å²) in [7, 11) is 0. The van der Waals surface area contributed by atoms with E-state index in [9.17, 15) is 0 Å². The second-order valence-electron chi connectivity index (χ2n) is 0. The van der Waals surface area contributed by atoms with Gasteiger partial charge in [0.15, 0.2) is 17.4 Å². The Morgan fingerprint density at radius 1 is 1.00 bits per heavy atom. The third kappa shape index (κ3) is 8.91. The van der Waals surface area contributed by atoms with Gasteiger partial charge in [0.25, 0.3) is 0 Å². The van der Waals surface area contributed by atoms with E-state index in [0.29, 0.717) is 0 Å². The standard InChI is InChI=1S/Al.Ca.Fe.Mg.7H. The topological polar surface area (TPSA) is 0 Å². The van der Waals surface area contributed by atoms with Crippen LogP contribution in [0.2, 0.25) is 0 Å². The second kappa shape index (κ2) is 16.5. The van der Waals surface area contributed by atoms with Gasteiger partial charge in [-0.3, -0.25) is 0 Å². The van der Waals surface area contributed by atoms with Gasteiger partial charge in [0, 0.05) is 17.1 Å². The number of rotatable bonds is 0. The molecule has 0 aromatic carbocycles. The molecule has 0 heterocycles. The van der Waals surface area contributed by atoms with E-state index in [4.69, 9.17) is 0 Å². The molecule has 4 heavy (non-hydrogen) atoms. The molecule has 0 N–H and O–H groups in total. The number of hydrogen-bond donors (Lipinski definition) is 0. The molecule has 0 aliphatic rings. The maximum Gasteiger partial charge on any atom is 0.316 e. The van der Waals surface area contributed by atoms with Crippen LogP contribution in [0.4, 0.5) is 0 Å². The van der Waals surface area contributed by atoms with E-state index in [1.165, 1.54) is 0 Å². The van der Waals surface area contributed by atoms with Crippen molar-refractivity contribution in [3.8, 4) is 0 Å². The summed E-state index contributed by atoms with van der Waals surface area (Å²) in [5.41, 5.74) is 0. The van der Waals surface area contributed by atoms with E-state index < -0.39 is 0 Å². The molecule has 0 spiro atoms. The third-order valence-electron chi connectivity index (χ3n) is 0. The summed E-state index contributed by atoms with van der Waals surface area (Å²) in [5, 5.41) is 0. The van der Waals surface area contributed by atoms with Gasteiger partial charge in [0.1, 0.15) is 0 Å². The molecule has 0 aliphatic heterocycles. The van der Waals surface area contributed by atoms with Crippen LogP contribution in [0.1, 0.15) is 0 Å². The van der Waals surface area contributed by atoms with Crippen molar-refractivity contribution < 1.29 is 17.1 Å². The Kier molecular flexibility index (Phi) is 114. The molecule has 0 nitrogen and oxygen atoms in total. The SMILES string of the molecule is [AlH3].[CaH2].[Fe].[MgH2]. The predicted octanol–water partition coefficient (Wildman–Crippen LogP) is -3.02. The molecule has 4 heteroatoms. The van der Waals surface area contributed by atoms with Crippen molar-refractivity contribution in [3.63, 3.8) is 0 Å². The van der Waals surface area contributed by atoms with Crippen LogP contribution in [0.5, 0.6) is 0 Å². The first-order chi connectivity index (χ1) is 0. The zero-order valence-electron chi connectivity index (χ0n) is 0.354. The van der Waals surface area contributed by atoms with Crippen LogP contribution >= 0.6 is 0 Å². The molecule has 0 amide bonds. The molecule has 0 radical (unpaired) electrons. The zero-order valence-corrected chi connectivity index (χ0v) is 1.46. The normalized spacial score (nSPS) is 0. The van der Waals surface area contributed by atoms with Gasteiger partial charge in [-0.25, -0.2) is 0 Å². The fourth-order valence-corrected chi connectivity index (χ4v) is 0. The van der Waals surface area contributed by atoms with Crippen molar-refractivity contribution in [1.29, 1.82) is 0 Å².